The summed E-state index contributed by atoms with van der Waals surface area (Å²) in [5.74, 6) is 0.255. The number of thiocarbonyl (C=S) groups is 1. The summed E-state index contributed by atoms with van der Waals surface area (Å²) < 4.78 is 6.53. The lowest BCUT2D eigenvalue weighted by Crippen LogP contribution is -2.48. The van der Waals surface area contributed by atoms with Crippen molar-refractivity contribution in [1.82, 2.24) is 16.2 Å². The molecule has 0 spiro atoms. The van der Waals surface area contributed by atoms with Gasteiger partial charge in [0.2, 0.25) is 5.91 Å². The highest BCUT2D eigenvalue weighted by Gasteiger charge is 2.15. The summed E-state index contributed by atoms with van der Waals surface area (Å²) in [6.45, 7) is 4.72. The van der Waals surface area contributed by atoms with Crippen LogP contribution in [0.4, 0.5) is 0 Å². The average molecular weight is 528 g/mol. The third-order valence-electron chi connectivity index (χ3n) is 4.91. The Labute approximate surface area is 207 Å². The number of hydrogen-bond acceptors (Lipinski definition) is 4. The van der Waals surface area contributed by atoms with Crippen LogP contribution in [-0.2, 0) is 11.2 Å². The SMILES string of the molecule is CC(C)CCOc1ccc(Br)cc1C(=O)NC(=S)NNC(=O)Cc1cccc2ccccc12. The van der Waals surface area contributed by atoms with E-state index in [0.29, 0.717) is 23.8 Å². The van der Waals surface area contributed by atoms with Gasteiger partial charge in [-0.15, -0.1) is 0 Å². The Balaban J connectivity index is 1.55. The summed E-state index contributed by atoms with van der Waals surface area (Å²) in [7, 11) is 0. The van der Waals surface area contributed by atoms with Crippen LogP contribution in [0.1, 0.15) is 36.2 Å². The minimum absolute atomic E-state index is 0.0145. The van der Waals surface area contributed by atoms with Crippen molar-refractivity contribution in [2.75, 3.05) is 6.61 Å². The molecule has 0 aliphatic rings. The summed E-state index contributed by atoms with van der Waals surface area (Å²) in [5, 5.41) is 4.65. The van der Waals surface area contributed by atoms with Crippen molar-refractivity contribution in [1.29, 1.82) is 0 Å². The van der Waals surface area contributed by atoms with E-state index in [1.807, 2.05) is 48.5 Å². The van der Waals surface area contributed by atoms with Crippen LogP contribution in [0.25, 0.3) is 10.8 Å². The summed E-state index contributed by atoms with van der Waals surface area (Å²) in [6.07, 6.45) is 1.05. The Hall–Kier alpha value is -2.97. The summed E-state index contributed by atoms with van der Waals surface area (Å²) in [4.78, 5) is 25.2. The number of carbonyl (C=O) groups is 2. The van der Waals surface area contributed by atoms with Crippen molar-refractivity contribution >= 4 is 55.8 Å². The summed E-state index contributed by atoms with van der Waals surface area (Å²) >= 11 is 8.56. The maximum atomic E-state index is 12.8. The van der Waals surface area contributed by atoms with Gasteiger partial charge in [-0.25, -0.2) is 0 Å². The van der Waals surface area contributed by atoms with E-state index in [1.54, 1.807) is 12.1 Å². The third kappa shape index (κ3) is 7.27. The third-order valence-corrected chi connectivity index (χ3v) is 5.61. The Morgan fingerprint density at radius 1 is 1.03 bits per heavy atom. The second kappa shape index (κ2) is 11.8. The second-order valence-corrected chi connectivity index (χ2v) is 9.27. The van der Waals surface area contributed by atoms with Crippen molar-refractivity contribution in [2.24, 2.45) is 5.92 Å². The first kappa shape index (κ1) is 24.7. The van der Waals surface area contributed by atoms with Gasteiger partial charge in [0.05, 0.1) is 18.6 Å². The minimum atomic E-state index is -0.434. The number of amides is 2. The Morgan fingerprint density at radius 3 is 2.58 bits per heavy atom. The number of hydrazine groups is 1. The molecule has 3 aromatic rings. The number of benzene rings is 3. The van der Waals surface area contributed by atoms with Gasteiger partial charge in [0, 0.05) is 4.47 Å². The van der Waals surface area contributed by atoms with Crippen LogP contribution in [0, 0.1) is 5.92 Å². The maximum absolute atomic E-state index is 12.8. The van der Waals surface area contributed by atoms with E-state index in [2.05, 4.69) is 45.9 Å². The molecule has 0 fully saturated rings. The van der Waals surface area contributed by atoms with Gasteiger partial charge >= 0.3 is 0 Å². The van der Waals surface area contributed by atoms with Gasteiger partial charge < -0.3 is 4.74 Å². The normalized spacial score (nSPS) is 10.7. The number of fused-ring (bicyclic) bond motifs is 1. The molecule has 0 unspecified atom stereocenters. The highest BCUT2D eigenvalue weighted by molar-refractivity contribution is 9.10. The fraction of sp³-hybridized carbons (Fsp3) is 0.240. The molecule has 2 amide bonds. The van der Waals surface area contributed by atoms with Crippen molar-refractivity contribution in [2.45, 2.75) is 26.7 Å². The molecule has 0 aliphatic carbocycles. The van der Waals surface area contributed by atoms with Gasteiger partial charge in [-0.1, -0.05) is 72.2 Å². The topological polar surface area (TPSA) is 79.5 Å². The monoisotopic (exact) mass is 527 g/mol. The zero-order valence-electron chi connectivity index (χ0n) is 18.5. The number of carbonyl (C=O) groups excluding carboxylic acids is 2. The molecular weight excluding hydrogens is 502 g/mol. The molecule has 0 radical (unpaired) electrons. The average Bonchev–Trinajstić information content (AvgIpc) is 2.78. The lowest BCUT2D eigenvalue weighted by Gasteiger charge is -2.14. The highest BCUT2D eigenvalue weighted by atomic mass is 79.9. The van der Waals surface area contributed by atoms with Gasteiger partial charge in [0.15, 0.2) is 5.11 Å². The minimum Gasteiger partial charge on any atom is -0.493 e. The van der Waals surface area contributed by atoms with E-state index in [1.165, 1.54) is 0 Å². The molecule has 0 aromatic heterocycles. The van der Waals surface area contributed by atoms with E-state index >= 15 is 0 Å². The molecule has 3 aromatic carbocycles. The van der Waals surface area contributed by atoms with E-state index < -0.39 is 5.91 Å². The summed E-state index contributed by atoms with van der Waals surface area (Å²) in [6, 6.07) is 18.9. The number of nitrogens with one attached hydrogen (secondary N) is 3. The van der Waals surface area contributed by atoms with Crippen LogP contribution in [0.2, 0.25) is 0 Å². The van der Waals surface area contributed by atoms with E-state index in [0.717, 1.165) is 27.2 Å². The predicted molar refractivity (Wildman–Crippen MR) is 138 cm³/mol. The largest absolute Gasteiger partial charge is 0.493 e. The zero-order valence-corrected chi connectivity index (χ0v) is 20.9. The molecule has 0 atom stereocenters. The molecule has 0 saturated heterocycles. The number of rotatable bonds is 7. The number of ether oxygens (including phenoxy) is 1. The molecule has 0 aliphatic heterocycles. The first-order valence-corrected chi connectivity index (χ1v) is 11.8. The van der Waals surface area contributed by atoms with Gasteiger partial charge in [0.25, 0.3) is 5.91 Å². The predicted octanol–water partition coefficient (Wildman–Crippen LogP) is 4.91. The van der Waals surface area contributed by atoms with Crippen LogP contribution in [-0.4, -0.2) is 23.5 Å². The Morgan fingerprint density at radius 2 is 1.79 bits per heavy atom. The Kier molecular flexibility index (Phi) is 8.79. The van der Waals surface area contributed by atoms with Gasteiger partial charge in [-0.05, 0) is 59.1 Å². The van der Waals surface area contributed by atoms with Crippen molar-refractivity contribution in [3.63, 3.8) is 0 Å². The van der Waals surface area contributed by atoms with Crippen molar-refractivity contribution in [3.8, 4) is 5.75 Å². The zero-order chi connectivity index (χ0) is 23.8. The molecule has 0 bridgehead atoms. The lowest BCUT2D eigenvalue weighted by molar-refractivity contribution is -0.121. The van der Waals surface area contributed by atoms with Crippen LogP contribution >= 0.6 is 28.1 Å². The van der Waals surface area contributed by atoms with Crippen molar-refractivity contribution in [3.05, 3.63) is 76.3 Å². The quantitative estimate of drug-likeness (QED) is 0.300. The van der Waals surface area contributed by atoms with Crippen LogP contribution in [0.3, 0.4) is 0 Å². The van der Waals surface area contributed by atoms with Crippen LogP contribution in [0.5, 0.6) is 5.75 Å². The second-order valence-electron chi connectivity index (χ2n) is 7.94. The fourth-order valence-corrected chi connectivity index (χ4v) is 3.71. The molecule has 6 nitrogen and oxygen atoms in total. The molecule has 8 heteroatoms. The van der Waals surface area contributed by atoms with E-state index in [9.17, 15) is 9.59 Å². The van der Waals surface area contributed by atoms with Crippen molar-refractivity contribution < 1.29 is 14.3 Å². The molecule has 3 N–H and O–H groups in total. The summed E-state index contributed by atoms with van der Waals surface area (Å²) in [5.41, 5.74) is 6.38. The van der Waals surface area contributed by atoms with Crippen LogP contribution < -0.4 is 20.9 Å². The molecule has 3 rings (SSSR count). The first-order chi connectivity index (χ1) is 15.8. The van der Waals surface area contributed by atoms with Gasteiger partial charge in [0.1, 0.15) is 5.75 Å². The van der Waals surface area contributed by atoms with Crippen LogP contribution in [0.15, 0.2) is 65.1 Å². The molecule has 33 heavy (non-hydrogen) atoms. The molecule has 0 saturated carbocycles. The highest BCUT2D eigenvalue weighted by Crippen LogP contribution is 2.24. The smallest absolute Gasteiger partial charge is 0.261 e. The molecule has 172 valence electrons. The van der Waals surface area contributed by atoms with E-state index in [-0.39, 0.29) is 17.4 Å². The number of halogens is 1. The lowest BCUT2D eigenvalue weighted by atomic mass is 10.0. The Bertz CT molecular complexity index is 1160. The first-order valence-electron chi connectivity index (χ1n) is 10.6. The van der Waals surface area contributed by atoms with Gasteiger partial charge in [-0.2, -0.15) is 0 Å². The fourth-order valence-electron chi connectivity index (χ4n) is 3.20. The maximum Gasteiger partial charge on any atom is 0.261 e. The standard InChI is InChI=1S/C25H26BrN3O3S/c1-16(2)12-13-32-22-11-10-19(26)15-21(22)24(31)27-25(33)29-28-23(30)14-18-8-5-7-17-6-3-4-9-20(17)18/h3-11,15-16H,12-14H2,1-2H3,(H,28,30)(H2,27,29,31,33). The molecule has 0 heterocycles. The molecular formula is C25H26BrN3O3S. The number of hydrogen-bond donors (Lipinski definition) is 3. The van der Waals surface area contributed by atoms with Gasteiger partial charge in [-0.3, -0.25) is 25.8 Å². The van der Waals surface area contributed by atoms with E-state index in [4.69, 9.17) is 17.0 Å².